The van der Waals surface area contributed by atoms with E-state index in [2.05, 4.69) is 41.4 Å². The highest BCUT2D eigenvalue weighted by atomic mass is 15.0. The molecule has 3 heteroatoms. The summed E-state index contributed by atoms with van der Waals surface area (Å²) in [6.45, 7) is 2.00. The second-order valence-electron chi connectivity index (χ2n) is 4.94. The number of hydrogen-bond acceptors (Lipinski definition) is 2. The summed E-state index contributed by atoms with van der Waals surface area (Å²) < 4.78 is 2.04. The standard InChI is InChI=1S/C16H17N3/c1-11(17)12-4-3-5-13(10-12)14-6-8-18-16-15(14)7-9-19(16)2/h3-11H,17H2,1-2H3/t11-/m1/s1. The van der Waals surface area contributed by atoms with E-state index in [1.54, 1.807) is 0 Å². The van der Waals surface area contributed by atoms with Crippen LogP contribution in [0.2, 0.25) is 0 Å². The van der Waals surface area contributed by atoms with Crippen molar-refractivity contribution < 1.29 is 0 Å². The van der Waals surface area contributed by atoms with Gasteiger partial charge in [-0.05, 0) is 41.8 Å². The first kappa shape index (κ1) is 11.9. The predicted molar refractivity (Wildman–Crippen MR) is 78.8 cm³/mol. The Bertz CT molecular complexity index is 726. The maximum absolute atomic E-state index is 5.96. The Morgan fingerprint density at radius 3 is 2.84 bits per heavy atom. The van der Waals surface area contributed by atoms with Crippen molar-refractivity contribution >= 4 is 11.0 Å². The second-order valence-corrected chi connectivity index (χ2v) is 4.94. The van der Waals surface area contributed by atoms with Gasteiger partial charge in [0.25, 0.3) is 0 Å². The lowest BCUT2D eigenvalue weighted by atomic mass is 9.99. The molecule has 96 valence electrons. The summed E-state index contributed by atoms with van der Waals surface area (Å²) >= 11 is 0. The van der Waals surface area contributed by atoms with Gasteiger partial charge in [-0.3, -0.25) is 0 Å². The number of rotatable bonds is 2. The van der Waals surface area contributed by atoms with Gasteiger partial charge in [-0.1, -0.05) is 18.2 Å². The molecule has 0 unspecified atom stereocenters. The molecule has 0 aliphatic heterocycles. The van der Waals surface area contributed by atoms with Crippen LogP contribution in [-0.2, 0) is 7.05 Å². The molecule has 0 aliphatic rings. The van der Waals surface area contributed by atoms with E-state index in [4.69, 9.17) is 5.73 Å². The maximum atomic E-state index is 5.96. The van der Waals surface area contributed by atoms with E-state index in [0.717, 1.165) is 11.2 Å². The molecule has 0 saturated carbocycles. The Hall–Kier alpha value is -2.13. The van der Waals surface area contributed by atoms with Gasteiger partial charge in [0.15, 0.2) is 0 Å². The number of aromatic nitrogens is 2. The highest BCUT2D eigenvalue weighted by Gasteiger charge is 2.08. The van der Waals surface area contributed by atoms with Gasteiger partial charge in [0.2, 0.25) is 0 Å². The molecule has 0 amide bonds. The van der Waals surface area contributed by atoms with E-state index in [1.165, 1.54) is 16.5 Å². The summed E-state index contributed by atoms with van der Waals surface area (Å²) in [6.07, 6.45) is 3.90. The van der Waals surface area contributed by atoms with E-state index in [1.807, 2.05) is 30.9 Å². The number of aryl methyl sites for hydroxylation is 1. The van der Waals surface area contributed by atoms with E-state index in [9.17, 15) is 0 Å². The largest absolute Gasteiger partial charge is 0.336 e. The smallest absolute Gasteiger partial charge is 0.140 e. The number of nitrogens with zero attached hydrogens (tertiary/aromatic N) is 2. The molecule has 1 atom stereocenters. The quantitative estimate of drug-likeness (QED) is 0.759. The molecule has 0 aliphatic carbocycles. The van der Waals surface area contributed by atoms with Gasteiger partial charge in [-0.2, -0.15) is 0 Å². The van der Waals surface area contributed by atoms with Gasteiger partial charge in [-0.25, -0.2) is 4.98 Å². The molecule has 3 rings (SSSR count). The molecular weight excluding hydrogens is 234 g/mol. The van der Waals surface area contributed by atoms with Crippen molar-refractivity contribution in [3.63, 3.8) is 0 Å². The van der Waals surface area contributed by atoms with Crippen molar-refractivity contribution in [3.8, 4) is 11.1 Å². The van der Waals surface area contributed by atoms with Crippen LogP contribution in [0.1, 0.15) is 18.5 Å². The van der Waals surface area contributed by atoms with Crippen LogP contribution < -0.4 is 5.73 Å². The minimum atomic E-state index is 0.0491. The number of benzene rings is 1. The van der Waals surface area contributed by atoms with Crippen LogP contribution in [0.25, 0.3) is 22.2 Å². The lowest BCUT2D eigenvalue weighted by molar-refractivity contribution is 0.819. The third-order valence-corrected chi connectivity index (χ3v) is 3.49. The van der Waals surface area contributed by atoms with Gasteiger partial charge < -0.3 is 10.3 Å². The fourth-order valence-corrected chi connectivity index (χ4v) is 2.41. The van der Waals surface area contributed by atoms with E-state index >= 15 is 0 Å². The second kappa shape index (κ2) is 4.52. The maximum Gasteiger partial charge on any atom is 0.140 e. The molecule has 19 heavy (non-hydrogen) atoms. The fourth-order valence-electron chi connectivity index (χ4n) is 2.41. The highest BCUT2D eigenvalue weighted by molar-refractivity contribution is 5.93. The van der Waals surface area contributed by atoms with Crippen LogP contribution in [0.4, 0.5) is 0 Å². The molecule has 0 bridgehead atoms. The van der Waals surface area contributed by atoms with Gasteiger partial charge in [0.05, 0.1) is 0 Å². The third kappa shape index (κ3) is 2.02. The first-order chi connectivity index (χ1) is 9.16. The molecule has 3 nitrogen and oxygen atoms in total. The van der Waals surface area contributed by atoms with E-state index in [0.29, 0.717) is 0 Å². The summed E-state index contributed by atoms with van der Waals surface area (Å²) in [7, 11) is 2.01. The molecule has 2 heterocycles. The summed E-state index contributed by atoms with van der Waals surface area (Å²) in [5.74, 6) is 0. The minimum absolute atomic E-state index is 0.0491. The molecule has 2 N–H and O–H groups in total. The molecule has 1 aromatic carbocycles. The van der Waals surface area contributed by atoms with Crippen LogP contribution in [0.15, 0.2) is 48.8 Å². The average Bonchev–Trinajstić information content (AvgIpc) is 2.81. The number of nitrogens with two attached hydrogens (primary N) is 1. The summed E-state index contributed by atoms with van der Waals surface area (Å²) in [6, 6.07) is 12.6. The summed E-state index contributed by atoms with van der Waals surface area (Å²) in [5.41, 5.74) is 10.5. The van der Waals surface area contributed by atoms with Crippen LogP contribution >= 0.6 is 0 Å². The molecule has 2 aromatic heterocycles. The Labute approximate surface area is 112 Å². The number of hydrogen-bond donors (Lipinski definition) is 1. The zero-order valence-electron chi connectivity index (χ0n) is 11.2. The monoisotopic (exact) mass is 251 g/mol. The molecule has 0 spiro atoms. The lowest BCUT2D eigenvalue weighted by Gasteiger charge is -2.09. The Morgan fingerprint density at radius 1 is 1.21 bits per heavy atom. The lowest BCUT2D eigenvalue weighted by Crippen LogP contribution is -2.04. The van der Waals surface area contributed by atoms with Crippen molar-refractivity contribution in [1.82, 2.24) is 9.55 Å². The molecule has 0 radical (unpaired) electrons. The van der Waals surface area contributed by atoms with Crippen LogP contribution in [0.5, 0.6) is 0 Å². The normalized spacial score (nSPS) is 12.8. The summed E-state index contributed by atoms with van der Waals surface area (Å²) in [4.78, 5) is 4.42. The van der Waals surface area contributed by atoms with Crippen LogP contribution in [0.3, 0.4) is 0 Å². The zero-order valence-corrected chi connectivity index (χ0v) is 11.2. The number of pyridine rings is 1. The molecule has 0 fully saturated rings. The Balaban J connectivity index is 2.21. The topological polar surface area (TPSA) is 43.8 Å². The predicted octanol–water partition coefficient (Wildman–Crippen LogP) is 3.26. The van der Waals surface area contributed by atoms with E-state index < -0.39 is 0 Å². The minimum Gasteiger partial charge on any atom is -0.336 e. The van der Waals surface area contributed by atoms with Crippen molar-refractivity contribution in [1.29, 1.82) is 0 Å². The summed E-state index contributed by atoms with van der Waals surface area (Å²) in [5, 5.41) is 1.17. The first-order valence-electron chi connectivity index (χ1n) is 6.43. The highest BCUT2D eigenvalue weighted by Crippen LogP contribution is 2.29. The van der Waals surface area contributed by atoms with Crippen molar-refractivity contribution in [2.24, 2.45) is 12.8 Å². The van der Waals surface area contributed by atoms with Crippen molar-refractivity contribution in [2.45, 2.75) is 13.0 Å². The van der Waals surface area contributed by atoms with Crippen LogP contribution in [-0.4, -0.2) is 9.55 Å². The Kier molecular flexibility index (Phi) is 2.84. The van der Waals surface area contributed by atoms with Gasteiger partial charge in [0, 0.05) is 30.9 Å². The molecular formula is C16H17N3. The first-order valence-corrected chi connectivity index (χ1v) is 6.43. The van der Waals surface area contributed by atoms with Gasteiger partial charge in [-0.15, -0.1) is 0 Å². The van der Waals surface area contributed by atoms with Gasteiger partial charge >= 0.3 is 0 Å². The van der Waals surface area contributed by atoms with E-state index in [-0.39, 0.29) is 6.04 Å². The van der Waals surface area contributed by atoms with Gasteiger partial charge in [0.1, 0.15) is 5.65 Å². The van der Waals surface area contributed by atoms with Crippen molar-refractivity contribution in [2.75, 3.05) is 0 Å². The zero-order chi connectivity index (χ0) is 13.4. The Morgan fingerprint density at radius 2 is 2.05 bits per heavy atom. The average molecular weight is 251 g/mol. The fraction of sp³-hybridized carbons (Fsp3) is 0.188. The third-order valence-electron chi connectivity index (χ3n) is 3.49. The molecule has 0 saturated heterocycles. The molecule has 3 aromatic rings. The SMILES string of the molecule is C[C@@H](N)c1cccc(-c2ccnc3c2ccn3C)c1. The van der Waals surface area contributed by atoms with Crippen LogP contribution in [0, 0.1) is 0 Å². The van der Waals surface area contributed by atoms with Crippen molar-refractivity contribution in [3.05, 3.63) is 54.4 Å². The number of fused-ring (bicyclic) bond motifs is 1.